The first kappa shape index (κ1) is 16.4. The summed E-state index contributed by atoms with van der Waals surface area (Å²) < 4.78 is 0. The van der Waals surface area contributed by atoms with Crippen LogP contribution in [0.2, 0.25) is 0 Å². The Kier molecular flexibility index (Phi) is 6.80. The van der Waals surface area contributed by atoms with Crippen LogP contribution in [0, 0.1) is 0 Å². The van der Waals surface area contributed by atoms with E-state index in [0.29, 0.717) is 6.42 Å². The highest BCUT2D eigenvalue weighted by molar-refractivity contribution is 5.76. The predicted octanol–water partition coefficient (Wildman–Crippen LogP) is 1.88. The molecular weight excluding hydrogens is 238 g/mol. The molecule has 0 aliphatic heterocycles. The van der Waals surface area contributed by atoms with Crippen LogP contribution < -0.4 is 11.1 Å². The SMILES string of the molecule is CCCN(CCC(=O)NC(C)C)C1(CN)CCCC1. The Morgan fingerprint density at radius 1 is 1.32 bits per heavy atom. The zero-order valence-electron chi connectivity index (χ0n) is 12.9. The van der Waals surface area contributed by atoms with Gasteiger partial charge in [0, 0.05) is 31.1 Å². The Morgan fingerprint density at radius 3 is 2.42 bits per heavy atom. The zero-order chi connectivity index (χ0) is 14.3. The molecule has 4 heteroatoms. The molecule has 0 radical (unpaired) electrons. The normalized spacial score (nSPS) is 18.2. The molecule has 0 aromatic heterocycles. The minimum atomic E-state index is 0.154. The second-order valence-corrected chi connectivity index (χ2v) is 6.09. The van der Waals surface area contributed by atoms with Gasteiger partial charge in [0.2, 0.25) is 5.91 Å². The molecule has 0 saturated heterocycles. The van der Waals surface area contributed by atoms with Crippen molar-refractivity contribution in [1.82, 2.24) is 10.2 Å². The Labute approximate surface area is 118 Å². The lowest BCUT2D eigenvalue weighted by molar-refractivity contribution is -0.122. The molecule has 3 N–H and O–H groups in total. The number of rotatable bonds is 8. The summed E-state index contributed by atoms with van der Waals surface area (Å²) in [5.74, 6) is 0.154. The second kappa shape index (κ2) is 7.85. The predicted molar refractivity (Wildman–Crippen MR) is 80.0 cm³/mol. The molecule has 0 unspecified atom stereocenters. The summed E-state index contributed by atoms with van der Waals surface area (Å²) in [6, 6.07) is 0.224. The molecule has 1 aliphatic carbocycles. The van der Waals surface area contributed by atoms with Crippen LogP contribution in [0.15, 0.2) is 0 Å². The molecule has 19 heavy (non-hydrogen) atoms. The third-order valence-electron chi connectivity index (χ3n) is 4.14. The van der Waals surface area contributed by atoms with Crippen LogP contribution in [0.25, 0.3) is 0 Å². The summed E-state index contributed by atoms with van der Waals surface area (Å²) in [7, 11) is 0. The van der Waals surface area contributed by atoms with E-state index in [4.69, 9.17) is 5.73 Å². The lowest BCUT2D eigenvalue weighted by Gasteiger charge is -2.40. The molecular formula is C15H31N3O. The number of nitrogens with zero attached hydrogens (tertiary/aromatic N) is 1. The first-order valence-electron chi connectivity index (χ1n) is 7.78. The fraction of sp³-hybridized carbons (Fsp3) is 0.933. The highest BCUT2D eigenvalue weighted by Gasteiger charge is 2.37. The van der Waals surface area contributed by atoms with E-state index in [0.717, 1.165) is 26.1 Å². The van der Waals surface area contributed by atoms with Crippen LogP contribution in [0.3, 0.4) is 0 Å². The molecule has 112 valence electrons. The van der Waals surface area contributed by atoms with E-state index < -0.39 is 0 Å². The molecule has 1 rings (SSSR count). The fourth-order valence-corrected chi connectivity index (χ4v) is 3.17. The minimum absolute atomic E-state index is 0.154. The van der Waals surface area contributed by atoms with E-state index in [1.807, 2.05) is 13.8 Å². The molecule has 0 heterocycles. The first-order chi connectivity index (χ1) is 9.04. The standard InChI is InChI=1S/C15H31N3O/c1-4-10-18(11-7-14(19)17-13(2)3)15(12-16)8-5-6-9-15/h13H,4-12,16H2,1-3H3,(H,17,19). The van der Waals surface area contributed by atoms with E-state index in [1.165, 1.54) is 25.7 Å². The van der Waals surface area contributed by atoms with Crippen molar-refractivity contribution in [2.75, 3.05) is 19.6 Å². The van der Waals surface area contributed by atoms with Gasteiger partial charge in [-0.15, -0.1) is 0 Å². The van der Waals surface area contributed by atoms with Gasteiger partial charge in [0.15, 0.2) is 0 Å². The van der Waals surface area contributed by atoms with E-state index in [-0.39, 0.29) is 17.5 Å². The van der Waals surface area contributed by atoms with Gasteiger partial charge >= 0.3 is 0 Å². The van der Waals surface area contributed by atoms with E-state index >= 15 is 0 Å². The fourth-order valence-electron chi connectivity index (χ4n) is 3.17. The molecule has 1 fully saturated rings. The average molecular weight is 269 g/mol. The summed E-state index contributed by atoms with van der Waals surface area (Å²) in [6.07, 6.45) is 6.63. The van der Waals surface area contributed by atoms with E-state index in [2.05, 4.69) is 17.1 Å². The topological polar surface area (TPSA) is 58.4 Å². The minimum Gasteiger partial charge on any atom is -0.354 e. The van der Waals surface area contributed by atoms with Crippen LogP contribution in [0.4, 0.5) is 0 Å². The van der Waals surface area contributed by atoms with Gasteiger partial charge in [-0.05, 0) is 39.7 Å². The Balaban J connectivity index is 2.54. The van der Waals surface area contributed by atoms with Gasteiger partial charge in [-0.1, -0.05) is 19.8 Å². The van der Waals surface area contributed by atoms with Crippen molar-refractivity contribution in [3.8, 4) is 0 Å². The van der Waals surface area contributed by atoms with Crippen molar-refractivity contribution in [1.29, 1.82) is 0 Å². The highest BCUT2D eigenvalue weighted by Crippen LogP contribution is 2.34. The molecule has 4 nitrogen and oxygen atoms in total. The van der Waals surface area contributed by atoms with Crippen LogP contribution >= 0.6 is 0 Å². The van der Waals surface area contributed by atoms with Gasteiger partial charge in [0.05, 0.1) is 0 Å². The number of carbonyl (C=O) groups is 1. The van der Waals surface area contributed by atoms with E-state index in [9.17, 15) is 4.79 Å². The maximum atomic E-state index is 11.8. The van der Waals surface area contributed by atoms with E-state index in [1.54, 1.807) is 0 Å². The maximum Gasteiger partial charge on any atom is 0.221 e. The smallest absolute Gasteiger partial charge is 0.221 e. The summed E-state index contributed by atoms with van der Waals surface area (Å²) in [5.41, 5.74) is 6.21. The second-order valence-electron chi connectivity index (χ2n) is 6.09. The number of carbonyl (C=O) groups excluding carboxylic acids is 1. The lowest BCUT2D eigenvalue weighted by Crippen LogP contribution is -2.53. The summed E-state index contributed by atoms with van der Waals surface area (Å²) >= 11 is 0. The third-order valence-corrected chi connectivity index (χ3v) is 4.14. The number of nitrogens with two attached hydrogens (primary N) is 1. The van der Waals surface area contributed by atoms with Crippen molar-refractivity contribution in [3.05, 3.63) is 0 Å². The van der Waals surface area contributed by atoms with Crippen molar-refractivity contribution in [2.24, 2.45) is 5.73 Å². The third kappa shape index (κ3) is 4.77. The molecule has 1 aliphatic rings. The van der Waals surface area contributed by atoms with Crippen LogP contribution in [0.1, 0.15) is 59.3 Å². The lowest BCUT2D eigenvalue weighted by atomic mass is 9.94. The number of amides is 1. The van der Waals surface area contributed by atoms with Crippen LogP contribution in [-0.2, 0) is 4.79 Å². The molecule has 1 amide bonds. The molecule has 0 aromatic rings. The van der Waals surface area contributed by atoms with Crippen LogP contribution in [-0.4, -0.2) is 42.0 Å². The van der Waals surface area contributed by atoms with Gasteiger partial charge < -0.3 is 11.1 Å². The van der Waals surface area contributed by atoms with Crippen molar-refractivity contribution in [3.63, 3.8) is 0 Å². The Bertz CT molecular complexity index is 273. The largest absolute Gasteiger partial charge is 0.354 e. The Hall–Kier alpha value is -0.610. The van der Waals surface area contributed by atoms with Gasteiger partial charge in [-0.25, -0.2) is 0 Å². The molecule has 0 atom stereocenters. The van der Waals surface area contributed by atoms with Crippen molar-refractivity contribution in [2.45, 2.75) is 70.9 Å². The zero-order valence-corrected chi connectivity index (χ0v) is 12.9. The number of nitrogens with one attached hydrogen (secondary N) is 1. The van der Waals surface area contributed by atoms with Gasteiger partial charge in [0.1, 0.15) is 0 Å². The Morgan fingerprint density at radius 2 is 1.95 bits per heavy atom. The van der Waals surface area contributed by atoms with Gasteiger partial charge in [-0.3, -0.25) is 9.69 Å². The quantitative estimate of drug-likeness (QED) is 0.707. The molecule has 1 saturated carbocycles. The van der Waals surface area contributed by atoms with Crippen molar-refractivity contribution >= 4 is 5.91 Å². The average Bonchev–Trinajstić information content (AvgIpc) is 2.83. The monoisotopic (exact) mass is 269 g/mol. The maximum absolute atomic E-state index is 11.8. The number of hydrogen-bond acceptors (Lipinski definition) is 3. The summed E-state index contributed by atoms with van der Waals surface area (Å²) in [6.45, 7) is 8.80. The summed E-state index contributed by atoms with van der Waals surface area (Å²) in [4.78, 5) is 14.3. The summed E-state index contributed by atoms with van der Waals surface area (Å²) in [5, 5.41) is 2.96. The first-order valence-corrected chi connectivity index (χ1v) is 7.78. The van der Waals surface area contributed by atoms with Crippen molar-refractivity contribution < 1.29 is 4.79 Å². The van der Waals surface area contributed by atoms with Gasteiger partial charge in [-0.2, -0.15) is 0 Å². The molecule has 0 aromatic carbocycles. The van der Waals surface area contributed by atoms with Crippen LogP contribution in [0.5, 0.6) is 0 Å². The highest BCUT2D eigenvalue weighted by atomic mass is 16.1. The van der Waals surface area contributed by atoms with Gasteiger partial charge in [0.25, 0.3) is 0 Å². The molecule has 0 bridgehead atoms. The number of hydrogen-bond donors (Lipinski definition) is 2. The molecule has 0 spiro atoms.